The van der Waals surface area contributed by atoms with E-state index in [1.54, 1.807) is 0 Å². The molecule has 2 aromatic rings. The smallest absolute Gasteiger partial charge is 0.423 e. The van der Waals surface area contributed by atoms with Gasteiger partial charge in [-0.1, -0.05) is 18.2 Å². The van der Waals surface area contributed by atoms with Gasteiger partial charge in [0.2, 0.25) is 0 Å². The number of carbonyl (C=O) groups excluding carboxylic acids is 1. The van der Waals surface area contributed by atoms with E-state index in [1.165, 1.54) is 0 Å². The number of hydrogen-bond acceptors (Lipinski definition) is 6. The largest absolute Gasteiger partial charge is 0.491 e. The molecule has 27 heavy (non-hydrogen) atoms. The molecular weight excluding hydrogens is 343 g/mol. The molecule has 0 aliphatic carbocycles. The summed E-state index contributed by atoms with van der Waals surface area (Å²) in [6.07, 6.45) is 1.06. The number of ketones is 1. The summed E-state index contributed by atoms with van der Waals surface area (Å²) in [5.41, 5.74) is 4.11. The monoisotopic (exact) mass is 366 g/mol. The summed E-state index contributed by atoms with van der Waals surface area (Å²) in [6.45, 7) is 5.44. The fourth-order valence-corrected chi connectivity index (χ4v) is 3.67. The molecule has 0 unspecified atom stereocenters. The van der Waals surface area contributed by atoms with Crippen molar-refractivity contribution in [1.29, 1.82) is 0 Å². The van der Waals surface area contributed by atoms with Gasteiger partial charge in [0.25, 0.3) is 0 Å². The number of anilines is 1. The number of carbonyl (C=O) groups is 1. The fourth-order valence-electron chi connectivity index (χ4n) is 3.67. The lowest BCUT2D eigenvalue weighted by Gasteiger charge is -2.28. The molecule has 0 saturated carbocycles. The van der Waals surface area contributed by atoms with Gasteiger partial charge in [-0.05, 0) is 42.1 Å². The van der Waals surface area contributed by atoms with E-state index >= 15 is 0 Å². The number of Topliss-reactive ketones (excluding diaryl/α,β-unsaturated/α-hetero) is 1. The van der Waals surface area contributed by atoms with Crippen molar-refractivity contribution in [2.24, 2.45) is 0 Å². The Balaban J connectivity index is 1.50. The zero-order valence-corrected chi connectivity index (χ0v) is 15.5. The number of aryl methyl sites for hydroxylation is 1. The van der Waals surface area contributed by atoms with Gasteiger partial charge in [-0.2, -0.15) is 0 Å². The van der Waals surface area contributed by atoms with Gasteiger partial charge < -0.3 is 19.3 Å². The van der Waals surface area contributed by atoms with Crippen LogP contribution in [0.1, 0.15) is 27.2 Å². The summed E-state index contributed by atoms with van der Waals surface area (Å²) >= 11 is 0. The van der Waals surface area contributed by atoms with Crippen LogP contribution in [0, 0.1) is 6.92 Å². The van der Waals surface area contributed by atoms with Crippen LogP contribution < -0.4 is 10.4 Å². The van der Waals surface area contributed by atoms with E-state index in [1.807, 2.05) is 37.3 Å². The van der Waals surface area contributed by atoms with Crippen LogP contribution in [-0.4, -0.2) is 55.8 Å². The van der Waals surface area contributed by atoms with E-state index in [0.717, 1.165) is 47.6 Å². The highest BCUT2D eigenvalue weighted by Gasteiger charge is 2.25. The van der Waals surface area contributed by atoms with Crippen molar-refractivity contribution in [2.75, 3.05) is 37.8 Å². The summed E-state index contributed by atoms with van der Waals surface area (Å²) in [7, 11) is -0.903. The Kier molecular flexibility index (Phi) is 5.25. The van der Waals surface area contributed by atoms with Crippen molar-refractivity contribution in [3.05, 3.63) is 52.7 Å². The number of aromatic nitrogens is 1. The standard InChI is InChI=1S/C20H23BN2O4/c1-14-17(4-5-20(22-14)23-7-10-26-11-8-23)19(24)13-15-2-3-16-6-9-27-21(25)18(16)12-15/h2-5,12,25H,6-11,13H2,1H3. The molecule has 0 radical (unpaired) electrons. The highest BCUT2D eigenvalue weighted by molar-refractivity contribution is 6.60. The van der Waals surface area contributed by atoms with Gasteiger partial charge in [0.05, 0.1) is 18.9 Å². The summed E-state index contributed by atoms with van der Waals surface area (Å²) < 4.78 is 10.7. The van der Waals surface area contributed by atoms with Gasteiger partial charge in [-0.15, -0.1) is 0 Å². The van der Waals surface area contributed by atoms with Crippen molar-refractivity contribution in [3.63, 3.8) is 0 Å². The van der Waals surface area contributed by atoms with Gasteiger partial charge in [-0.25, -0.2) is 4.98 Å². The Hall–Kier alpha value is -2.22. The Morgan fingerprint density at radius 2 is 2.04 bits per heavy atom. The molecule has 1 N–H and O–H groups in total. The molecular formula is C20H23BN2O4. The van der Waals surface area contributed by atoms with Crippen LogP contribution in [-0.2, 0) is 22.2 Å². The highest BCUT2D eigenvalue weighted by Crippen LogP contribution is 2.18. The molecule has 0 bridgehead atoms. The Bertz CT molecular complexity index is 852. The predicted octanol–water partition coefficient (Wildman–Crippen LogP) is 0.912. The average molecular weight is 366 g/mol. The maximum Gasteiger partial charge on any atom is 0.491 e. The summed E-state index contributed by atoms with van der Waals surface area (Å²) in [5, 5.41) is 10.0. The highest BCUT2D eigenvalue weighted by atomic mass is 16.5. The third kappa shape index (κ3) is 3.90. The number of morpholine rings is 1. The molecule has 7 heteroatoms. The van der Waals surface area contributed by atoms with Crippen LogP contribution in [0.5, 0.6) is 0 Å². The van der Waals surface area contributed by atoms with Gasteiger partial charge in [0.1, 0.15) is 5.82 Å². The first kappa shape index (κ1) is 18.2. The minimum absolute atomic E-state index is 0.0275. The second kappa shape index (κ2) is 7.80. The third-order valence-corrected chi connectivity index (χ3v) is 5.19. The quantitative estimate of drug-likeness (QED) is 0.641. The number of rotatable bonds is 4. The molecule has 2 aliphatic heterocycles. The minimum atomic E-state index is -0.903. The number of benzene rings is 1. The maximum atomic E-state index is 12.8. The molecule has 6 nitrogen and oxygen atoms in total. The van der Waals surface area contributed by atoms with Crippen LogP contribution in [0.2, 0.25) is 0 Å². The van der Waals surface area contributed by atoms with Gasteiger partial charge in [-0.3, -0.25) is 4.79 Å². The third-order valence-electron chi connectivity index (χ3n) is 5.19. The van der Waals surface area contributed by atoms with Gasteiger partial charge in [0, 0.05) is 31.7 Å². The molecule has 1 saturated heterocycles. The molecule has 0 spiro atoms. The molecule has 3 heterocycles. The number of fused-ring (bicyclic) bond motifs is 1. The van der Waals surface area contributed by atoms with Crippen molar-refractivity contribution in [3.8, 4) is 0 Å². The average Bonchev–Trinajstić information content (AvgIpc) is 2.69. The molecule has 1 fully saturated rings. The van der Waals surface area contributed by atoms with Gasteiger partial charge >= 0.3 is 7.12 Å². The molecule has 4 rings (SSSR count). The molecule has 140 valence electrons. The molecule has 0 amide bonds. The van der Waals surface area contributed by atoms with Crippen molar-refractivity contribution in [2.45, 2.75) is 19.8 Å². The molecule has 2 aliphatic rings. The Morgan fingerprint density at radius 1 is 1.22 bits per heavy atom. The Labute approximate surface area is 159 Å². The molecule has 1 aromatic heterocycles. The molecule has 1 aromatic carbocycles. The van der Waals surface area contributed by atoms with Crippen LogP contribution in [0.3, 0.4) is 0 Å². The van der Waals surface area contributed by atoms with Crippen LogP contribution in [0.15, 0.2) is 30.3 Å². The summed E-state index contributed by atoms with van der Waals surface area (Å²) in [6, 6.07) is 9.60. The predicted molar refractivity (Wildman–Crippen MR) is 104 cm³/mol. The lowest BCUT2D eigenvalue weighted by molar-refractivity contribution is 0.0991. The lowest BCUT2D eigenvalue weighted by Crippen LogP contribution is -2.41. The normalized spacial score (nSPS) is 17.0. The Morgan fingerprint density at radius 3 is 2.81 bits per heavy atom. The van der Waals surface area contributed by atoms with Gasteiger partial charge in [0.15, 0.2) is 5.78 Å². The lowest BCUT2D eigenvalue weighted by atomic mass is 9.72. The van der Waals surface area contributed by atoms with Crippen LogP contribution >= 0.6 is 0 Å². The fraction of sp³-hybridized carbons (Fsp3) is 0.400. The summed E-state index contributed by atoms with van der Waals surface area (Å²) in [4.78, 5) is 19.6. The number of nitrogens with zero attached hydrogens (tertiary/aromatic N) is 2. The van der Waals surface area contributed by atoms with Crippen molar-refractivity contribution < 1.29 is 19.2 Å². The van der Waals surface area contributed by atoms with Crippen LogP contribution in [0.4, 0.5) is 5.82 Å². The van der Waals surface area contributed by atoms with Crippen molar-refractivity contribution >= 4 is 24.2 Å². The SMILES string of the molecule is Cc1nc(N2CCOCC2)ccc1C(=O)Cc1ccc2c(c1)B(O)OCC2. The van der Waals surface area contributed by atoms with E-state index in [0.29, 0.717) is 25.4 Å². The second-order valence-corrected chi connectivity index (χ2v) is 7.01. The van der Waals surface area contributed by atoms with Crippen LogP contribution in [0.25, 0.3) is 0 Å². The second-order valence-electron chi connectivity index (χ2n) is 7.01. The summed E-state index contributed by atoms with van der Waals surface area (Å²) in [5.74, 6) is 0.918. The topological polar surface area (TPSA) is 71.9 Å². The zero-order chi connectivity index (χ0) is 18.8. The zero-order valence-electron chi connectivity index (χ0n) is 15.5. The van der Waals surface area contributed by atoms with E-state index in [4.69, 9.17) is 9.39 Å². The van der Waals surface area contributed by atoms with E-state index in [9.17, 15) is 9.82 Å². The minimum Gasteiger partial charge on any atom is -0.423 e. The van der Waals surface area contributed by atoms with E-state index in [-0.39, 0.29) is 12.2 Å². The first-order valence-corrected chi connectivity index (χ1v) is 9.37. The first-order chi connectivity index (χ1) is 13.1. The van der Waals surface area contributed by atoms with E-state index < -0.39 is 7.12 Å². The number of pyridine rings is 1. The first-order valence-electron chi connectivity index (χ1n) is 9.37. The number of ether oxygens (including phenoxy) is 1. The number of hydrogen-bond donors (Lipinski definition) is 1. The van der Waals surface area contributed by atoms with E-state index in [2.05, 4.69) is 9.88 Å². The van der Waals surface area contributed by atoms with Crippen molar-refractivity contribution in [1.82, 2.24) is 4.98 Å². The molecule has 0 atom stereocenters. The maximum absolute atomic E-state index is 12.8.